The van der Waals surface area contributed by atoms with Crippen LogP contribution in [0.2, 0.25) is 0 Å². The molecular weight excluding hydrogens is 435 g/mol. The lowest BCUT2D eigenvalue weighted by Gasteiger charge is -2.38. The van der Waals surface area contributed by atoms with E-state index in [1.165, 1.54) is 5.56 Å². The van der Waals surface area contributed by atoms with Crippen molar-refractivity contribution in [2.24, 2.45) is 0 Å². The minimum Gasteiger partial charge on any atom is -0.385 e. The first-order valence-corrected chi connectivity index (χ1v) is 10.7. The van der Waals surface area contributed by atoms with E-state index in [1.807, 2.05) is 56.6 Å². The van der Waals surface area contributed by atoms with Gasteiger partial charge in [-0.1, -0.05) is 59.8 Å². The van der Waals surface area contributed by atoms with E-state index in [1.54, 1.807) is 0 Å². The number of rotatable bonds is 10. The molecule has 4 heteroatoms. The fraction of sp³-hybridized carbons (Fsp3) is 0.409. The number of hydrogen-bond acceptors (Lipinski definition) is 3. The highest BCUT2D eigenvalue weighted by atomic mass is 127. The number of carbonyl (C=O) groups excluding carboxylic acids is 1. The number of likely N-dealkylation sites (N-methyl/N-ethyl adjacent to an activating group) is 1. The number of halogens is 1. The van der Waals surface area contributed by atoms with Crippen LogP contribution in [0, 0.1) is 0 Å². The normalized spacial score (nSPS) is 13.4. The summed E-state index contributed by atoms with van der Waals surface area (Å²) >= 11 is 2.38. The zero-order valence-electron chi connectivity index (χ0n) is 16.0. The van der Waals surface area contributed by atoms with Gasteiger partial charge in [0.1, 0.15) is 0 Å². The van der Waals surface area contributed by atoms with Gasteiger partial charge in [-0.25, -0.2) is 0 Å². The van der Waals surface area contributed by atoms with Crippen molar-refractivity contribution >= 4 is 34.1 Å². The summed E-state index contributed by atoms with van der Waals surface area (Å²) in [7, 11) is 4.01. The van der Waals surface area contributed by atoms with E-state index in [9.17, 15) is 4.79 Å². The lowest BCUT2D eigenvalue weighted by atomic mass is 9.80. The average Bonchev–Trinajstić information content (AvgIpc) is 2.67. The predicted molar refractivity (Wildman–Crippen MR) is 120 cm³/mol. The zero-order chi connectivity index (χ0) is 19.0. The molecule has 2 aromatic rings. The van der Waals surface area contributed by atoms with E-state index in [4.69, 9.17) is 0 Å². The predicted octanol–water partition coefficient (Wildman–Crippen LogP) is 5.06. The molecule has 0 radical (unpaired) electrons. The summed E-state index contributed by atoms with van der Waals surface area (Å²) in [5, 5.41) is 3.40. The van der Waals surface area contributed by atoms with Crippen molar-refractivity contribution in [1.29, 1.82) is 0 Å². The third kappa shape index (κ3) is 5.07. The molecule has 1 unspecified atom stereocenters. The number of Topliss-reactive ketones (excluding diaryl/α,β-unsaturated/α-hetero) is 1. The number of nitrogens with one attached hydrogen (secondary N) is 1. The number of nitrogens with zero attached hydrogens (tertiary/aromatic N) is 1. The highest BCUT2D eigenvalue weighted by Crippen LogP contribution is 2.28. The lowest BCUT2D eigenvalue weighted by Crippen LogP contribution is -2.52. The van der Waals surface area contributed by atoms with E-state index in [0.29, 0.717) is 6.42 Å². The molecule has 2 rings (SSSR count). The molecule has 0 saturated heterocycles. The van der Waals surface area contributed by atoms with Crippen LogP contribution in [-0.4, -0.2) is 41.3 Å². The standard InChI is InChI=1S/C22H29IN2O/c1-4-22(25(2)3,17-18-9-6-5-7-10-18)21(26)19-11-13-20(14-12-19)24-16-8-15-23/h5-7,9-14,24H,4,8,15-17H2,1-3H3. The first-order chi connectivity index (χ1) is 12.5. The van der Waals surface area contributed by atoms with E-state index in [-0.39, 0.29) is 5.78 Å². The molecule has 0 spiro atoms. The minimum atomic E-state index is -0.530. The Balaban J connectivity index is 2.23. The summed E-state index contributed by atoms with van der Waals surface area (Å²) in [6.07, 6.45) is 2.62. The molecule has 0 aliphatic carbocycles. The molecule has 0 aromatic heterocycles. The van der Waals surface area contributed by atoms with E-state index < -0.39 is 5.54 Å². The molecule has 0 aliphatic heterocycles. The van der Waals surface area contributed by atoms with Gasteiger partial charge in [-0.05, 0) is 63.2 Å². The third-order valence-electron chi connectivity index (χ3n) is 4.99. The van der Waals surface area contributed by atoms with Crippen LogP contribution in [0.5, 0.6) is 0 Å². The highest BCUT2D eigenvalue weighted by molar-refractivity contribution is 14.1. The SMILES string of the molecule is CCC(Cc1ccccc1)(C(=O)c1ccc(NCCCI)cc1)N(C)C. The van der Waals surface area contributed by atoms with Gasteiger partial charge in [-0.3, -0.25) is 9.69 Å². The van der Waals surface area contributed by atoms with Crippen LogP contribution in [-0.2, 0) is 6.42 Å². The molecule has 0 aliphatic rings. The molecule has 0 bridgehead atoms. The number of ketones is 1. The Bertz CT molecular complexity index is 685. The largest absolute Gasteiger partial charge is 0.385 e. The van der Waals surface area contributed by atoms with Gasteiger partial charge in [0.2, 0.25) is 0 Å². The maximum Gasteiger partial charge on any atom is 0.183 e. The molecule has 0 saturated carbocycles. The molecular formula is C22H29IN2O. The molecule has 0 fully saturated rings. The molecule has 2 aromatic carbocycles. The number of hydrogen-bond donors (Lipinski definition) is 1. The van der Waals surface area contributed by atoms with Crippen molar-refractivity contribution < 1.29 is 4.79 Å². The van der Waals surface area contributed by atoms with Crippen molar-refractivity contribution in [3.63, 3.8) is 0 Å². The summed E-state index contributed by atoms with van der Waals surface area (Å²) in [6.45, 7) is 3.06. The Morgan fingerprint density at radius 1 is 1.08 bits per heavy atom. The monoisotopic (exact) mass is 464 g/mol. The molecule has 1 N–H and O–H groups in total. The van der Waals surface area contributed by atoms with Gasteiger partial charge in [0.25, 0.3) is 0 Å². The van der Waals surface area contributed by atoms with Crippen molar-refractivity contribution in [2.75, 3.05) is 30.4 Å². The Morgan fingerprint density at radius 2 is 1.73 bits per heavy atom. The van der Waals surface area contributed by atoms with Crippen molar-refractivity contribution in [1.82, 2.24) is 4.90 Å². The minimum absolute atomic E-state index is 0.188. The topological polar surface area (TPSA) is 32.3 Å². The van der Waals surface area contributed by atoms with Gasteiger partial charge < -0.3 is 5.32 Å². The summed E-state index contributed by atoms with van der Waals surface area (Å²) in [6, 6.07) is 18.2. The Labute approximate surface area is 171 Å². The quantitative estimate of drug-likeness (QED) is 0.231. The maximum atomic E-state index is 13.5. The van der Waals surface area contributed by atoms with Crippen molar-refractivity contribution in [3.8, 4) is 0 Å². The Kier molecular flexibility index (Phi) is 8.10. The van der Waals surface area contributed by atoms with Crippen molar-refractivity contribution in [2.45, 2.75) is 31.7 Å². The molecule has 0 amide bonds. The van der Waals surface area contributed by atoms with Crippen LogP contribution in [0.25, 0.3) is 0 Å². The first kappa shape index (κ1) is 20.9. The second kappa shape index (κ2) is 10.1. The van der Waals surface area contributed by atoms with Crippen LogP contribution in [0.1, 0.15) is 35.7 Å². The highest BCUT2D eigenvalue weighted by Gasteiger charge is 2.39. The molecule has 1 atom stereocenters. The van der Waals surface area contributed by atoms with Gasteiger partial charge in [0, 0.05) is 22.2 Å². The molecule has 0 heterocycles. The fourth-order valence-corrected chi connectivity index (χ4v) is 3.67. The molecule has 140 valence electrons. The van der Waals surface area contributed by atoms with Gasteiger partial charge in [0.15, 0.2) is 5.78 Å². The van der Waals surface area contributed by atoms with Gasteiger partial charge in [-0.2, -0.15) is 0 Å². The number of anilines is 1. The Morgan fingerprint density at radius 3 is 2.27 bits per heavy atom. The molecule has 3 nitrogen and oxygen atoms in total. The number of carbonyl (C=O) groups is 1. The second-order valence-corrected chi connectivity index (χ2v) is 7.90. The average molecular weight is 464 g/mol. The van der Waals surface area contributed by atoms with Crippen LogP contribution in [0.4, 0.5) is 5.69 Å². The lowest BCUT2D eigenvalue weighted by molar-refractivity contribution is 0.0666. The molecule has 26 heavy (non-hydrogen) atoms. The van der Waals surface area contributed by atoms with Crippen LogP contribution >= 0.6 is 22.6 Å². The number of alkyl halides is 1. The summed E-state index contributed by atoms with van der Waals surface area (Å²) in [4.78, 5) is 15.5. The summed E-state index contributed by atoms with van der Waals surface area (Å²) < 4.78 is 1.14. The van der Waals surface area contributed by atoms with Crippen LogP contribution < -0.4 is 5.32 Å². The second-order valence-electron chi connectivity index (χ2n) is 6.82. The Hall–Kier alpha value is -1.40. The smallest absolute Gasteiger partial charge is 0.183 e. The summed E-state index contributed by atoms with van der Waals surface area (Å²) in [5.41, 5.74) is 2.50. The first-order valence-electron chi connectivity index (χ1n) is 9.19. The van der Waals surface area contributed by atoms with Gasteiger partial charge in [0.05, 0.1) is 5.54 Å². The number of benzene rings is 2. The summed E-state index contributed by atoms with van der Waals surface area (Å²) in [5.74, 6) is 0.188. The van der Waals surface area contributed by atoms with E-state index in [2.05, 4.69) is 51.9 Å². The van der Waals surface area contributed by atoms with E-state index in [0.717, 1.165) is 35.1 Å². The van der Waals surface area contributed by atoms with Crippen molar-refractivity contribution in [3.05, 3.63) is 65.7 Å². The van der Waals surface area contributed by atoms with Crippen LogP contribution in [0.3, 0.4) is 0 Å². The fourth-order valence-electron chi connectivity index (χ4n) is 3.28. The van der Waals surface area contributed by atoms with Crippen LogP contribution in [0.15, 0.2) is 54.6 Å². The van der Waals surface area contributed by atoms with Gasteiger partial charge in [-0.15, -0.1) is 0 Å². The maximum absolute atomic E-state index is 13.5. The van der Waals surface area contributed by atoms with E-state index >= 15 is 0 Å². The third-order valence-corrected chi connectivity index (χ3v) is 5.75. The van der Waals surface area contributed by atoms with Gasteiger partial charge >= 0.3 is 0 Å². The zero-order valence-corrected chi connectivity index (χ0v) is 18.1.